The fourth-order valence-corrected chi connectivity index (χ4v) is 4.53. The normalized spacial score (nSPS) is 36.3. The second kappa shape index (κ2) is 4.01. The highest BCUT2D eigenvalue weighted by Gasteiger charge is 2.55. The van der Waals surface area contributed by atoms with Gasteiger partial charge in [-0.25, -0.2) is 8.42 Å². The van der Waals surface area contributed by atoms with Gasteiger partial charge in [0, 0.05) is 13.0 Å². The third kappa shape index (κ3) is 2.18. The van der Waals surface area contributed by atoms with Crippen LogP contribution in [-0.2, 0) is 19.3 Å². The van der Waals surface area contributed by atoms with E-state index in [-0.39, 0.29) is 35.7 Å². The van der Waals surface area contributed by atoms with E-state index < -0.39 is 9.84 Å². The quantitative estimate of drug-likeness (QED) is 0.708. The van der Waals surface area contributed by atoms with Gasteiger partial charge in [0.1, 0.15) is 0 Å². The second-order valence-corrected chi connectivity index (χ2v) is 6.54. The fraction of sp³-hybridized carbons (Fsp3) is 1.00. The highest BCUT2D eigenvalue weighted by molar-refractivity contribution is 7.92. The van der Waals surface area contributed by atoms with E-state index in [2.05, 4.69) is 0 Å². The molecule has 1 heterocycles. The molecule has 2 rings (SSSR count). The molecule has 15 heavy (non-hydrogen) atoms. The molecular weight excluding hydrogens is 218 g/mol. The molecule has 0 aromatic rings. The van der Waals surface area contributed by atoms with E-state index >= 15 is 0 Å². The summed E-state index contributed by atoms with van der Waals surface area (Å²) in [4.78, 5) is 0. The molecule has 3 atom stereocenters. The van der Waals surface area contributed by atoms with E-state index in [4.69, 9.17) is 15.2 Å². The molecule has 2 N–H and O–H groups in total. The largest absolute Gasteiger partial charge is 0.329 e. The van der Waals surface area contributed by atoms with Gasteiger partial charge in [0.2, 0.25) is 0 Å². The Morgan fingerprint density at radius 2 is 2.07 bits per heavy atom. The zero-order valence-corrected chi connectivity index (χ0v) is 9.57. The van der Waals surface area contributed by atoms with E-state index in [1.165, 1.54) is 0 Å². The van der Waals surface area contributed by atoms with Crippen molar-refractivity contribution in [1.82, 2.24) is 0 Å². The van der Waals surface area contributed by atoms with Crippen molar-refractivity contribution in [3.8, 4) is 0 Å². The first-order chi connectivity index (χ1) is 7.06. The summed E-state index contributed by atoms with van der Waals surface area (Å²) >= 11 is 0. The summed E-state index contributed by atoms with van der Waals surface area (Å²) in [6, 6.07) is 0. The summed E-state index contributed by atoms with van der Waals surface area (Å²) in [6.45, 7) is 2.50. The molecule has 0 aromatic carbocycles. The molecule has 0 aromatic heterocycles. The Labute approximate surface area is 89.8 Å². The van der Waals surface area contributed by atoms with Crippen LogP contribution in [0.1, 0.15) is 13.3 Å². The number of hydrogen-bond donors (Lipinski definition) is 1. The molecule has 0 spiro atoms. The third-order valence-electron chi connectivity index (χ3n) is 3.26. The van der Waals surface area contributed by atoms with Gasteiger partial charge in [-0.3, -0.25) is 0 Å². The highest BCUT2D eigenvalue weighted by Crippen LogP contribution is 2.48. The molecule has 1 aliphatic heterocycles. The number of hydrogen-bond acceptors (Lipinski definition) is 5. The lowest BCUT2D eigenvalue weighted by molar-refractivity contribution is -0.323. The molecule has 0 bridgehead atoms. The van der Waals surface area contributed by atoms with E-state index in [1.54, 1.807) is 0 Å². The van der Waals surface area contributed by atoms with Crippen LogP contribution in [0.4, 0.5) is 0 Å². The maximum absolute atomic E-state index is 11.7. The van der Waals surface area contributed by atoms with Gasteiger partial charge < -0.3 is 15.2 Å². The average Bonchev–Trinajstić information content (AvgIpc) is 2.70. The Hall–Kier alpha value is -0.170. The Balaban J connectivity index is 1.89. The van der Waals surface area contributed by atoms with Crippen molar-refractivity contribution in [2.75, 3.05) is 19.1 Å². The Bertz CT molecular complexity index is 325. The van der Waals surface area contributed by atoms with Gasteiger partial charge in [0.15, 0.2) is 22.9 Å². The predicted molar refractivity (Wildman–Crippen MR) is 54.7 cm³/mol. The topological polar surface area (TPSA) is 78.6 Å². The van der Waals surface area contributed by atoms with Crippen LogP contribution in [0.2, 0.25) is 0 Å². The summed E-state index contributed by atoms with van der Waals surface area (Å²) in [6.07, 6.45) is 0.505. The number of rotatable bonds is 5. The molecule has 2 aliphatic rings. The SMILES string of the molecule is C[C@@H]1[C@@H](CC2OCO2)[C@@H]1S(=O)(=O)CCN. The van der Waals surface area contributed by atoms with Crippen molar-refractivity contribution in [3.05, 3.63) is 0 Å². The lowest BCUT2D eigenvalue weighted by atomic mass is 10.2. The van der Waals surface area contributed by atoms with E-state index in [1.807, 2.05) is 6.92 Å². The zero-order chi connectivity index (χ0) is 11.1. The molecule has 0 amide bonds. The van der Waals surface area contributed by atoms with Crippen LogP contribution in [-0.4, -0.2) is 39.0 Å². The minimum atomic E-state index is -3.00. The Kier molecular flexibility index (Phi) is 3.03. The van der Waals surface area contributed by atoms with Gasteiger partial charge in [-0.1, -0.05) is 6.92 Å². The second-order valence-electron chi connectivity index (χ2n) is 4.26. The molecule has 0 unspecified atom stereocenters. The van der Waals surface area contributed by atoms with Crippen LogP contribution in [0.15, 0.2) is 0 Å². The molecule has 1 saturated carbocycles. The minimum absolute atomic E-state index is 0.0882. The molecule has 2 fully saturated rings. The van der Waals surface area contributed by atoms with Crippen LogP contribution >= 0.6 is 0 Å². The van der Waals surface area contributed by atoms with Crippen molar-refractivity contribution >= 4 is 9.84 Å². The summed E-state index contributed by atoms with van der Waals surface area (Å²) < 4.78 is 33.7. The van der Waals surface area contributed by atoms with Crippen molar-refractivity contribution < 1.29 is 17.9 Å². The van der Waals surface area contributed by atoms with Crippen LogP contribution in [0.25, 0.3) is 0 Å². The number of sulfone groups is 1. The molecule has 5 nitrogen and oxygen atoms in total. The summed E-state index contributed by atoms with van der Waals surface area (Å²) in [5, 5.41) is -0.228. The molecule has 1 aliphatic carbocycles. The monoisotopic (exact) mass is 235 g/mol. The maximum atomic E-state index is 11.7. The van der Waals surface area contributed by atoms with Crippen molar-refractivity contribution in [2.45, 2.75) is 24.9 Å². The van der Waals surface area contributed by atoms with Gasteiger partial charge in [-0.05, 0) is 11.8 Å². The first-order valence-electron chi connectivity index (χ1n) is 5.21. The first-order valence-corrected chi connectivity index (χ1v) is 6.92. The molecule has 1 saturated heterocycles. The van der Waals surface area contributed by atoms with Crippen molar-refractivity contribution in [2.24, 2.45) is 17.6 Å². The minimum Gasteiger partial charge on any atom is -0.329 e. The van der Waals surface area contributed by atoms with Gasteiger partial charge in [-0.15, -0.1) is 0 Å². The smallest absolute Gasteiger partial charge is 0.163 e. The van der Waals surface area contributed by atoms with Crippen molar-refractivity contribution in [1.29, 1.82) is 0 Å². The Morgan fingerprint density at radius 3 is 2.53 bits per heavy atom. The van der Waals surface area contributed by atoms with Crippen LogP contribution < -0.4 is 5.73 Å². The fourth-order valence-electron chi connectivity index (χ4n) is 2.27. The molecule has 0 radical (unpaired) electrons. The van der Waals surface area contributed by atoms with Crippen LogP contribution in [0.5, 0.6) is 0 Å². The Morgan fingerprint density at radius 1 is 1.40 bits per heavy atom. The van der Waals surface area contributed by atoms with E-state index in [0.717, 1.165) is 0 Å². The number of ether oxygens (including phenoxy) is 2. The van der Waals surface area contributed by atoms with Gasteiger partial charge in [0.25, 0.3) is 0 Å². The third-order valence-corrected chi connectivity index (χ3v) is 5.68. The standard InChI is InChI=1S/C9H17NO4S/c1-6-7(4-8-13-5-14-8)9(6)15(11,12)3-2-10/h6-9H,2-5,10H2,1H3/t6-,7-,9-/m1/s1. The van der Waals surface area contributed by atoms with E-state index in [9.17, 15) is 8.42 Å². The first kappa shape index (κ1) is 11.3. The summed E-state index contributed by atoms with van der Waals surface area (Å²) in [7, 11) is -3.00. The predicted octanol–water partition coefficient (Wildman–Crippen LogP) is -0.285. The van der Waals surface area contributed by atoms with Gasteiger partial charge >= 0.3 is 0 Å². The maximum Gasteiger partial charge on any atom is 0.163 e. The van der Waals surface area contributed by atoms with E-state index in [0.29, 0.717) is 13.2 Å². The average molecular weight is 235 g/mol. The van der Waals surface area contributed by atoms with Crippen LogP contribution in [0.3, 0.4) is 0 Å². The lowest BCUT2D eigenvalue weighted by Gasteiger charge is -2.26. The highest BCUT2D eigenvalue weighted by atomic mass is 32.2. The summed E-state index contributed by atoms with van der Waals surface area (Å²) in [5.41, 5.74) is 5.28. The lowest BCUT2D eigenvalue weighted by Crippen LogP contribution is -2.31. The molecule has 6 heteroatoms. The number of nitrogens with two attached hydrogens (primary N) is 1. The summed E-state index contributed by atoms with van der Waals surface area (Å²) in [5.74, 6) is 0.492. The zero-order valence-electron chi connectivity index (χ0n) is 8.76. The van der Waals surface area contributed by atoms with Crippen molar-refractivity contribution in [3.63, 3.8) is 0 Å². The molecular formula is C9H17NO4S. The van der Waals surface area contributed by atoms with Crippen LogP contribution in [0, 0.1) is 11.8 Å². The van der Waals surface area contributed by atoms with Gasteiger partial charge in [0.05, 0.1) is 11.0 Å². The van der Waals surface area contributed by atoms with Gasteiger partial charge in [-0.2, -0.15) is 0 Å². The molecule has 88 valence electrons.